The van der Waals surface area contributed by atoms with Crippen molar-refractivity contribution in [1.82, 2.24) is 0 Å². The maximum absolute atomic E-state index is 12.9. The lowest BCUT2D eigenvalue weighted by Gasteiger charge is -2.54. The number of fused-ring (bicyclic) bond motifs is 5. The molecule has 2 nitrogen and oxygen atoms in total. The highest BCUT2D eigenvalue weighted by Crippen LogP contribution is 2.59. The molecule has 0 radical (unpaired) electrons. The normalized spacial score (nSPS) is 33.4. The number of Topliss-reactive ketones (excluding diaryl/α,β-unsaturated/α-hetero) is 1. The number of rotatable bonds is 3. The predicted octanol–water partition coefficient (Wildman–Crippen LogP) is 6.45. The molecular weight excluding hydrogens is 424 g/mol. The van der Waals surface area contributed by atoms with Crippen LogP contribution in [0, 0.1) is 17.3 Å². The van der Waals surface area contributed by atoms with Gasteiger partial charge in [-0.25, -0.2) is 0 Å². The minimum Gasteiger partial charge on any atom is -0.489 e. The first-order valence-electron chi connectivity index (χ1n) is 11.0. The second kappa shape index (κ2) is 7.58. The molecule has 0 N–H and O–H groups in total. The van der Waals surface area contributed by atoms with Crippen LogP contribution in [0.15, 0.2) is 48.5 Å². The molecule has 3 aliphatic rings. The number of carbonyl (C=O) groups is 1. The number of hydrogen-bond donors (Lipinski definition) is 0. The lowest BCUT2D eigenvalue weighted by atomic mass is 9.50. The molecule has 5 rings (SSSR count). The number of hydrogen-bond acceptors (Lipinski definition) is 2. The Bertz CT molecular complexity index is 908. The van der Waals surface area contributed by atoms with Gasteiger partial charge in [0.15, 0.2) is 0 Å². The van der Waals surface area contributed by atoms with Crippen LogP contribution in [0.3, 0.4) is 0 Å². The van der Waals surface area contributed by atoms with Crippen LogP contribution in [0.1, 0.15) is 61.6 Å². The number of ketones is 1. The minimum atomic E-state index is -0.0956. The van der Waals surface area contributed by atoms with Crippen molar-refractivity contribution >= 4 is 21.7 Å². The Kier molecular flexibility index (Phi) is 5.06. The largest absolute Gasteiger partial charge is 0.489 e. The zero-order valence-electron chi connectivity index (χ0n) is 17.1. The van der Waals surface area contributed by atoms with Gasteiger partial charge < -0.3 is 4.74 Å². The Labute approximate surface area is 182 Å². The summed E-state index contributed by atoms with van der Waals surface area (Å²) >= 11 is 3.77. The van der Waals surface area contributed by atoms with Crippen molar-refractivity contribution in [3.8, 4) is 5.75 Å². The van der Waals surface area contributed by atoms with E-state index in [0.29, 0.717) is 41.4 Å². The molecular formula is C26H29BrO2. The average molecular weight is 453 g/mol. The Morgan fingerprint density at radius 2 is 1.97 bits per heavy atom. The minimum absolute atomic E-state index is 0.0956. The van der Waals surface area contributed by atoms with Gasteiger partial charge in [0.05, 0.1) is 0 Å². The Morgan fingerprint density at radius 1 is 1.14 bits per heavy atom. The van der Waals surface area contributed by atoms with Crippen molar-refractivity contribution in [1.29, 1.82) is 0 Å². The SMILES string of the molecule is C[C@]12CC[C@@H]3c4ccc(OCc5ccccc5)cc4CC[C@H]3[C@@H]1C[C@H](Br)CC2=O. The molecule has 0 saturated heterocycles. The summed E-state index contributed by atoms with van der Waals surface area (Å²) in [5, 5.41) is 0. The highest BCUT2D eigenvalue weighted by atomic mass is 79.9. The summed E-state index contributed by atoms with van der Waals surface area (Å²) in [5.74, 6) is 3.23. The standard InChI is InChI=1S/C26H29BrO2/c1-26-12-11-22-21-10-8-20(29-16-17-5-3-2-4-6-17)13-18(21)7-9-23(22)24(26)14-19(27)15-25(26)28/h2-6,8,10,13,19,22-24H,7,9,11-12,14-16H2,1H3/t19-,22+,23+,24-,26-/m0/s1. The van der Waals surface area contributed by atoms with Gasteiger partial charge in [-0.2, -0.15) is 0 Å². The second-order valence-corrected chi connectivity index (χ2v) is 10.8. The molecule has 0 heterocycles. The zero-order valence-corrected chi connectivity index (χ0v) is 18.7. The Hall–Kier alpha value is -1.61. The number of alkyl halides is 1. The number of ether oxygens (including phenoxy) is 1. The summed E-state index contributed by atoms with van der Waals surface area (Å²) < 4.78 is 6.07. The summed E-state index contributed by atoms with van der Waals surface area (Å²) in [6.07, 6.45) is 6.36. The molecule has 3 aliphatic carbocycles. The zero-order chi connectivity index (χ0) is 20.0. The van der Waals surface area contributed by atoms with Gasteiger partial charge in [0.2, 0.25) is 0 Å². The lowest BCUT2D eigenvalue weighted by molar-refractivity contribution is -0.139. The molecule has 0 spiro atoms. The van der Waals surface area contributed by atoms with Crippen molar-refractivity contribution in [2.75, 3.05) is 0 Å². The predicted molar refractivity (Wildman–Crippen MR) is 120 cm³/mol. The quantitative estimate of drug-likeness (QED) is 0.499. The van der Waals surface area contributed by atoms with Crippen LogP contribution in [0.2, 0.25) is 0 Å². The van der Waals surface area contributed by atoms with E-state index in [1.807, 2.05) is 6.07 Å². The Balaban J connectivity index is 1.36. The van der Waals surface area contributed by atoms with Crippen LogP contribution in [0.25, 0.3) is 0 Å². The van der Waals surface area contributed by atoms with Crippen molar-refractivity contribution < 1.29 is 9.53 Å². The van der Waals surface area contributed by atoms with Gasteiger partial charge in [-0.15, -0.1) is 0 Å². The van der Waals surface area contributed by atoms with Crippen LogP contribution < -0.4 is 4.74 Å². The van der Waals surface area contributed by atoms with Crippen molar-refractivity contribution in [3.05, 3.63) is 65.2 Å². The van der Waals surface area contributed by atoms with Gasteiger partial charge in [0.1, 0.15) is 18.1 Å². The molecule has 2 saturated carbocycles. The second-order valence-electron chi connectivity index (χ2n) is 9.47. The van der Waals surface area contributed by atoms with E-state index in [1.54, 1.807) is 0 Å². The van der Waals surface area contributed by atoms with Gasteiger partial charge in [-0.1, -0.05) is 59.3 Å². The molecule has 0 aromatic heterocycles. The Morgan fingerprint density at radius 3 is 2.79 bits per heavy atom. The molecule has 0 unspecified atom stereocenters. The van der Waals surface area contributed by atoms with E-state index in [2.05, 4.69) is 65.3 Å². The highest BCUT2D eigenvalue weighted by Gasteiger charge is 2.54. The van der Waals surface area contributed by atoms with Gasteiger partial charge in [-0.05, 0) is 78.7 Å². The van der Waals surface area contributed by atoms with Crippen molar-refractivity contribution in [3.63, 3.8) is 0 Å². The molecule has 2 aromatic carbocycles. The van der Waals surface area contributed by atoms with Crippen LogP contribution in [0.5, 0.6) is 5.75 Å². The van der Waals surface area contributed by atoms with Crippen molar-refractivity contribution in [2.45, 2.75) is 62.8 Å². The van der Waals surface area contributed by atoms with E-state index in [-0.39, 0.29) is 5.41 Å². The van der Waals surface area contributed by atoms with E-state index in [9.17, 15) is 4.79 Å². The van der Waals surface area contributed by atoms with Gasteiger partial charge in [0.25, 0.3) is 0 Å². The molecule has 5 atom stereocenters. The molecule has 152 valence electrons. The number of benzene rings is 2. The smallest absolute Gasteiger partial charge is 0.140 e. The first kappa shape index (κ1) is 19.4. The van der Waals surface area contributed by atoms with Crippen LogP contribution in [-0.2, 0) is 17.8 Å². The summed E-state index contributed by atoms with van der Waals surface area (Å²) in [6.45, 7) is 2.87. The average Bonchev–Trinajstić information content (AvgIpc) is 2.73. The fraction of sp³-hybridized carbons (Fsp3) is 0.500. The summed E-state index contributed by atoms with van der Waals surface area (Å²) in [6, 6.07) is 17.1. The maximum Gasteiger partial charge on any atom is 0.140 e. The fourth-order valence-electron chi connectivity index (χ4n) is 6.28. The summed E-state index contributed by atoms with van der Waals surface area (Å²) in [7, 11) is 0. The first-order chi connectivity index (χ1) is 14.0. The molecule has 2 aromatic rings. The van der Waals surface area contributed by atoms with E-state index < -0.39 is 0 Å². The third-order valence-electron chi connectivity index (χ3n) is 7.89. The monoisotopic (exact) mass is 452 g/mol. The first-order valence-corrected chi connectivity index (χ1v) is 11.9. The van der Waals surface area contributed by atoms with E-state index in [4.69, 9.17) is 4.74 Å². The van der Waals surface area contributed by atoms with Gasteiger partial charge in [0, 0.05) is 16.7 Å². The molecule has 3 heteroatoms. The fourth-order valence-corrected chi connectivity index (χ4v) is 6.98. The highest BCUT2D eigenvalue weighted by molar-refractivity contribution is 9.09. The van der Waals surface area contributed by atoms with Gasteiger partial charge >= 0.3 is 0 Å². The maximum atomic E-state index is 12.9. The number of aryl methyl sites for hydroxylation is 1. The summed E-state index contributed by atoms with van der Waals surface area (Å²) in [5.41, 5.74) is 4.07. The third-order valence-corrected chi connectivity index (χ3v) is 8.59. The number of carbonyl (C=O) groups excluding carboxylic acids is 1. The van der Waals surface area contributed by atoms with Gasteiger partial charge in [-0.3, -0.25) is 4.79 Å². The van der Waals surface area contributed by atoms with Crippen LogP contribution in [-0.4, -0.2) is 10.6 Å². The van der Waals surface area contributed by atoms with E-state index in [1.165, 1.54) is 23.1 Å². The molecule has 2 fully saturated rings. The molecule has 0 bridgehead atoms. The number of halogens is 1. The summed E-state index contributed by atoms with van der Waals surface area (Å²) in [4.78, 5) is 13.2. The molecule has 29 heavy (non-hydrogen) atoms. The topological polar surface area (TPSA) is 26.3 Å². The van der Waals surface area contributed by atoms with E-state index in [0.717, 1.165) is 31.4 Å². The third kappa shape index (κ3) is 3.46. The van der Waals surface area contributed by atoms with Crippen molar-refractivity contribution in [2.24, 2.45) is 17.3 Å². The molecule has 0 aliphatic heterocycles. The van der Waals surface area contributed by atoms with Crippen LogP contribution >= 0.6 is 15.9 Å². The lowest BCUT2D eigenvalue weighted by Crippen LogP contribution is -2.51. The molecule has 0 amide bonds. The van der Waals surface area contributed by atoms with Crippen LogP contribution in [0.4, 0.5) is 0 Å². The van der Waals surface area contributed by atoms with E-state index >= 15 is 0 Å².